The Morgan fingerprint density at radius 3 is 1.61 bits per heavy atom. The molecule has 5 N–H and O–H groups in total. The van der Waals surface area contributed by atoms with Crippen LogP contribution in [0.4, 0.5) is 0 Å². The summed E-state index contributed by atoms with van der Waals surface area (Å²) in [6.45, 7) is 3.86. The van der Waals surface area contributed by atoms with Crippen molar-refractivity contribution in [3.8, 4) is 0 Å². The first-order valence-electron chi connectivity index (χ1n) is 22.8. The molecular weight excluding hydrogens is 826 g/mol. The van der Waals surface area contributed by atoms with E-state index in [2.05, 4.69) is 48.0 Å². The molecule has 0 aliphatic rings. The standard InChI is InChI=1S/C45H82O14P2/c1-4-5-32-41(46)33-28-24-20-16-12-9-10-14-18-22-26-30-35-45(49)59-43(39-58-61(53,54)57-37-42(47)36-56-60(50,51)52)38-55-44(48)34-29-25-21-17-13-8-6-7-11-15-19-23-27-31-40(2)3/h9-10,16,18,20,22,28,33,40-43,46-47H,4-8,11-15,17,19,21,23-27,29-32,34-39H2,1-3H3,(H,53,54)(H2,50,51,52)/b10-9-,20-16-,22-18-,33-28-/t41-,42+,43-/m1/s1. The van der Waals surface area contributed by atoms with Crippen LogP contribution in [-0.2, 0) is 41.8 Å². The Labute approximate surface area is 367 Å². The molecule has 0 radical (unpaired) electrons. The Morgan fingerprint density at radius 2 is 1.05 bits per heavy atom. The molecule has 0 aliphatic heterocycles. The van der Waals surface area contributed by atoms with Crippen LogP contribution in [0, 0.1) is 5.92 Å². The van der Waals surface area contributed by atoms with Crippen LogP contribution in [0.1, 0.15) is 175 Å². The molecule has 356 valence electrons. The predicted octanol–water partition coefficient (Wildman–Crippen LogP) is 10.7. The third-order valence-electron chi connectivity index (χ3n) is 9.46. The summed E-state index contributed by atoms with van der Waals surface area (Å²) in [6, 6.07) is 0. The third kappa shape index (κ3) is 44.4. The highest BCUT2D eigenvalue weighted by molar-refractivity contribution is 7.47. The van der Waals surface area contributed by atoms with Gasteiger partial charge < -0.3 is 34.4 Å². The molecule has 16 heteroatoms. The van der Waals surface area contributed by atoms with E-state index in [1.807, 2.05) is 30.4 Å². The van der Waals surface area contributed by atoms with Crippen LogP contribution in [0.3, 0.4) is 0 Å². The van der Waals surface area contributed by atoms with Crippen molar-refractivity contribution >= 4 is 27.6 Å². The van der Waals surface area contributed by atoms with E-state index in [-0.39, 0.29) is 18.9 Å². The molecule has 0 saturated carbocycles. The van der Waals surface area contributed by atoms with Gasteiger partial charge >= 0.3 is 27.6 Å². The first kappa shape index (κ1) is 59.0. The molecule has 0 amide bonds. The van der Waals surface area contributed by atoms with Crippen molar-refractivity contribution in [1.82, 2.24) is 0 Å². The molecule has 61 heavy (non-hydrogen) atoms. The smallest absolute Gasteiger partial charge is 0.462 e. The van der Waals surface area contributed by atoms with E-state index in [1.165, 1.54) is 64.2 Å². The molecule has 0 bridgehead atoms. The molecule has 0 aromatic rings. The van der Waals surface area contributed by atoms with Gasteiger partial charge in [0.15, 0.2) is 6.10 Å². The van der Waals surface area contributed by atoms with Gasteiger partial charge in [-0.3, -0.25) is 23.2 Å². The number of allylic oxidation sites excluding steroid dienone is 7. The van der Waals surface area contributed by atoms with Crippen molar-refractivity contribution < 1.29 is 66.7 Å². The number of rotatable bonds is 42. The highest BCUT2D eigenvalue weighted by Crippen LogP contribution is 2.43. The minimum absolute atomic E-state index is 0.0388. The van der Waals surface area contributed by atoms with E-state index in [4.69, 9.17) is 23.8 Å². The van der Waals surface area contributed by atoms with Crippen molar-refractivity contribution in [2.75, 3.05) is 26.4 Å². The number of esters is 2. The molecule has 4 atom stereocenters. The quantitative estimate of drug-likeness (QED) is 0.0167. The van der Waals surface area contributed by atoms with Crippen molar-refractivity contribution in [2.24, 2.45) is 5.92 Å². The minimum atomic E-state index is -4.87. The lowest BCUT2D eigenvalue weighted by Crippen LogP contribution is -2.29. The zero-order chi connectivity index (χ0) is 45.5. The zero-order valence-electron chi connectivity index (χ0n) is 37.5. The minimum Gasteiger partial charge on any atom is -0.462 e. The fraction of sp³-hybridized carbons (Fsp3) is 0.778. The number of aliphatic hydroxyl groups is 2. The average Bonchev–Trinajstić information content (AvgIpc) is 3.20. The van der Waals surface area contributed by atoms with Gasteiger partial charge in [0, 0.05) is 12.8 Å². The normalized spacial score (nSPS) is 15.0. The molecule has 0 saturated heterocycles. The molecule has 0 spiro atoms. The van der Waals surface area contributed by atoms with Gasteiger partial charge in [-0.25, -0.2) is 9.13 Å². The Balaban J connectivity index is 4.61. The number of carbonyl (C=O) groups excluding carboxylic acids is 2. The number of hydrogen-bond donors (Lipinski definition) is 5. The van der Waals surface area contributed by atoms with Crippen LogP contribution in [0.15, 0.2) is 48.6 Å². The molecule has 0 heterocycles. The highest BCUT2D eigenvalue weighted by Gasteiger charge is 2.28. The van der Waals surface area contributed by atoms with E-state index < -0.39 is 66.2 Å². The van der Waals surface area contributed by atoms with Crippen molar-refractivity contribution in [3.05, 3.63) is 48.6 Å². The number of hydrogen-bond acceptors (Lipinski definition) is 11. The predicted molar refractivity (Wildman–Crippen MR) is 240 cm³/mol. The highest BCUT2D eigenvalue weighted by atomic mass is 31.2. The van der Waals surface area contributed by atoms with Gasteiger partial charge in [0.2, 0.25) is 0 Å². The lowest BCUT2D eigenvalue weighted by molar-refractivity contribution is -0.161. The van der Waals surface area contributed by atoms with Gasteiger partial charge in [-0.2, -0.15) is 0 Å². The zero-order valence-corrected chi connectivity index (χ0v) is 39.3. The maximum absolute atomic E-state index is 12.7. The van der Waals surface area contributed by atoms with E-state index in [0.717, 1.165) is 63.7 Å². The maximum atomic E-state index is 12.7. The summed E-state index contributed by atoms with van der Waals surface area (Å²) >= 11 is 0. The number of phosphoric acid groups is 2. The largest absolute Gasteiger partial charge is 0.472 e. The summed E-state index contributed by atoms with van der Waals surface area (Å²) in [7, 11) is -9.71. The lowest BCUT2D eigenvalue weighted by atomic mass is 10.0. The summed E-state index contributed by atoms with van der Waals surface area (Å²) < 4.78 is 47.7. The van der Waals surface area contributed by atoms with Gasteiger partial charge in [0.25, 0.3) is 0 Å². The molecule has 14 nitrogen and oxygen atoms in total. The fourth-order valence-corrected chi connectivity index (χ4v) is 7.11. The number of phosphoric ester groups is 2. The van der Waals surface area contributed by atoms with E-state index >= 15 is 0 Å². The molecule has 0 rings (SSSR count). The molecule has 0 aliphatic carbocycles. The number of ether oxygens (including phenoxy) is 2. The van der Waals surface area contributed by atoms with Gasteiger partial charge in [-0.05, 0) is 50.9 Å². The SMILES string of the molecule is CCCC[C@@H](O)/C=C\C/C=C\C/C=C\C/C=C\CCCC(=O)O[C@H](COC(=O)CCCCCCCCCCCCCCCC(C)C)COP(=O)(O)OC[C@@H](O)COP(=O)(O)O. The number of unbranched alkanes of at least 4 members (excludes halogenated alkanes) is 14. The van der Waals surface area contributed by atoms with Gasteiger partial charge in [0.05, 0.1) is 25.9 Å². The van der Waals surface area contributed by atoms with Crippen LogP contribution in [0.25, 0.3) is 0 Å². The summed E-state index contributed by atoms with van der Waals surface area (Å²) in [5.41, 5.74) is 0. The van der Waals surface area contributed by atoms with Crippen LogP contribution < -0.4 is 0 Å². The van der Waals surface area contributed by atoms with E-state index in [9.17, 15) is 33.8 Å². The molecular formula is C45H82O14P2. The summed E-state index contributed by atoms with van der Waals surface area (Å²) in [5.74, 6) is -0.319. The molecule has 0 aromatic carbocycles. The summed E-state index contributed by atoms with van der Waals surface area (Å²) in [4.78, 5) is 52.7. The van der Waals surface area contributed by atoms with Crippen LogP contribution in [0.2, 0.25) is 0 Å². The van der Waals surface area contributed by atoms with Crippen molar-refractivity contribution in [3.63, 3.8) is 0 Å². The van der Waals surface area contributed by atoms with Gasteiger partial charge in [-0.15, -0.1) is 0 Å². The first-order valence-corrected chi connectivity index (χ1v) is 25.8. The Bertz CT molecular complexity index is 1300. The number of aliphatic hydroxyl groups excluding tert-OH is 2. The fourth-order valence-electron chi connectivity index (χ4n) is 5.96. The molecule has 0 aromatic heterocycles. The van der Waals surface area contributed by atoms with Crippen LogP contribution in [-0.4, -0.2) is 81.6 Å². The topological polar surface area (TPSA) is 216 Å². The van der Waals surface area contributed by atoms with Crippen molar-refractivity contribution in [2.45, 2.75) is 193 Å². The van der Waals surface area contributed by atoms with Crippen LogP contribution in [0.5, 0.6) is 0 Å². The second-order valence-electron chi connectivity index (χ2n) is 16.0. The van der Waals surface area contributed by atoms with Gasteiger partial charge in [-0.1, -0.05) is 166 Å². The second-order valence-corrected chi connectivity index (χ2v) is 18.7. The average molecular weight is 909 g/mol. The van der Waals surface area contributed by atoms with Crippen LogP contribution >= 0.6 is 15.6 Å². The lowest BCUT2D eigenvalue weighted by Gasteiger charge is -2.20. The van der Waals surface area contributed by atoms with E-state index in [0.29, 0.717) is 19.3 Å². The van der Waals surface area contributed by atoms with Gasteiger partial charge in [0.1, 0.15) is 12.7 Å². The molecule has 1 unspecified atom stereocenters. The Hall–Kier alpha value is -1.96. The Morgan fingerprint density at radius 1 is 0.557 bits per heavy atom. The third-order valence-corrected chi connectivity index (χ3v) is 10.9. The number of carbonyl (C=O) groups is 2. The monoisotopic (exact) mass is 909 g/mol. The Kier molecular flexibility index (Phi) is 38.3. The summed E-state index contributed by atoms with van der Waals surface area (Å²) in [6.07, 6.45) is 35.9. The van der Waals surface area contributed by atoms with E-state index in [1.54, 1.807) is 0 Å². The van der Waals surface area contributed by atoms with Crippen molar-refractivity contribution in [1.29, 1.82) is 0 Å². The summed E-state index contributed by atoms with van der Waals surface area (Å²) in [5, 5.41) is 19.6. The maximum Gasteiger partial charge on any atom is 0.472 e. The second kappa shape index (κ2) is 39.6. The molecule has 0 fully saturated rings. The first-order chi connectivity index (χ1) is 29.1.